The molecule has 60 valence electrons. The van der Waals surface area contributed by atoms with Crippen molar-refractivity contribution in [1.82, 2.24) is 14.7 Å². The minimum atomic E-state index is 0.971. The Labute approximate surface area is 66.6 Å². The van der Waals surface area contributed by atoms with Crippen molar-refractivity contribution in [2.75, 3.05) is 13.1 Å². The first-order valence-electron chi connectivity index (χ1n) is 4.13. The summed E-state index contributed by atoms with van der Waals surface area (Å²) in [6, 6.07) is 2.10. The second-order valence-electron chi connectivity index (χ2n) is 2.92. The molecule has 0 atom stereocenters. The summed E-state index contributed by atoms with van der Waals surface area (Å²) in [5.74, 6) is 0. The zero-order valence-electron chi connectivity index (χ0n) is 6.82. The fraction of sp³-hybridized carbons (Fsp3) is 0.625. The third kappa shape index (κ3) is 1.16. The van der Waals surface area contributed by atoms with E-state index in [-0.39, 0.29) is 0 Å². The molecule has 0 unspecified atom stereocenters. The van der Waals surface area contributed by atoms with Crippen LogP contribution in [-0.2, 0) is 13.1 Å². The van der Waals surface area contributed by atoms with Crippen molar-refractivity contribution in [3.8, 4) is 0 Å². The van der Waals surface area contributed by atoms with Gasteiger partial charge < -0.3 is 0 Å². The van der Waals surface area contributed by atoms with Crippen LogP contribution in [0.5, 0.6) is 0 Å². The molecule has 0 N–H and O–H groups in total. The molecule has 1 aliphatic rings. The van der Waals surface area contributed by atoms with Crippen molar-refractivity contribution in [2.24, 2.45) is 0 Å². The molecule has 0 radical (unpaired) electrons. The molecule has 3 heteroatoms. The van der Waals surface area contributed by atoms with E-state index in [1.54, 1.807) is 0 Å². The number of nitrogens with zero attached hydrogens (tertiary/aromatic N) is 3. The van der Waals surface area contributed by atoms with E-state index < -0.39 is 0 Å². The second-order valence-corrected chi connectivity index (χ2v) is 2.92. The second kappa shape index (κ2) is 2.66. The van der Waals surface area contributed by atoms with E-state index in [0.29, 0.717) is 0 Å². The molecular weight excluding hydrogens is 138 g/mol. The molecule has 1 aliphatic heterocycles. The van der Waals surface area contributed by atoms with Crippen molar-refractivity contribution in [2.45, 2.75) is 20.0 Å². The highest BCUT2D eigenvalue weighted by atomic mass is 15.4. The molecule has 0 bridgehead atoms. The molecule has 0 saturated heterocycles. The summed E-state index contributed by atoms with van der Waals surface area (Å²) in [5, 5.41) is 4.23. The summed E-state index contributed by atoms with van der Waals surface area (Å²) in [7, 11) is 0. The summed E-state index contributed by atoms with van der Waals surface area (Å²) in [6.07, 6.45) is 3.03. The molecule has 3 nitrogen and oxygen atoms in total. The molecule has 0 saturated carbocycles. The van der Waals surface area contributed by atoms with Crippen molar-refractivity contribution < 1.29 is 0 Å². The van der Waals surface area contributed by atoms with Crippen molar-refractivity contribution in [1.29, 1.82) is 0 Å². The van der Waals surface area contributed by atoms with Crippen LogP contribution in [0.25, 0.3) is 0 Å². The van der Waals surface area contributed by atoms with Crippen LogP contribution in [0.2, 0.25) is 0 Å². The SMILES string of the molecule is CCN1CCc2ccnn2C1. The van der Waals surface area contributed by atoms with Crippen LogP contribution in [0.15, 0.2) is 12.3 Å². The van der Waals surface area contributed by atoms with E-state index in [4.69, 9.17) is 0 Å². The Morgan fingerprint density at radius 3 is 3.36 bits per heavy atom. The van der Waals surface area contributed by atoms with Gasteiger partial charge in [0.05, 0.1) is 6.67 Å². The minimum absolute atomic E-state index is 0.971. The topological polar surface area (TPSA) is 21.1 Å². The predicted molar refractivity (Wildman–Crippen MR) is 43.2 cm³/mol. The molecule has 0 spiro atoms. The predicted octanol–water partition coefficient (Wildman–Crippen LogP) is 0.719. The maximum atomic E-state index is 4.23. The Balaban J connectivity index is 2.18. The molecular formula is C8H13N3. The maximum Gasteiger partial charge on any atom is 0.0931 e. The van der Waals surface area contributed by atoms with Gasteiger partial charge in [-0.15, -0.1) is 0 Å². The van der Waals surface area contributed by atoms with Gasteiger partial charge in [-0.2, -0.15) is 5.10 Å². The van der Waals surface area contributed by atoms with Crippen LogP contribution in [0.1, 0.15) is 12.6 Å². The lowest BCUT2D eigenvalue weighted by molar-refractivity contribution is 0.191. The average molecular weight is 151 g/mol. The van der Waals surface area contributed by atoms with Crippen LogP contribution in [-0.4, -0.2) is 27.8 Å². The molecule has 2 heterocycles. The largest absolute Gasteiger partial charge is 0.284 e. The summed E-state index contributed by atoms with van der Waals surface area (Å²) in [6.45, 7) is 5.47. The fourth-order valence-corrected chi connectivity index (χ4v) is 1.49. The number of aromatic nitrogens is 2. The van der Waals surface area contributed by atoms with E-state index in [2.05, 4.69) is 27.7 Å². The quantitative estimate of drug-likeness (QED) is 0.589. The van der Waals surface area contributed by atoms with Crippen molar-refractivity contribution >= 4 is 0 Å². The normalized spacial score (nSPS) is 18.3. The van der Waals surface area contributed by atoms with Gasteiger partial charge in [0.1, 0.15) is 0 Å². The van der Waals surface area contributed by atoms with Crippen LogP contribution in [0.3, 0.4) is 0 Å². The molecule has 0 fully saturated rings. The molecule has 11 heavy (non-hydrogen) atoms. The van der Waals surface area contributed by atoms with Gasteiger partial charge in [0.2, 0.25) is 0 Å². The molecule has 0 aliphatic carbocycles. The highest BCUT2D eigenvalue weighted by Gasteiger charge is 2.13. The lowest BCUT2D eigenvalue weighted by Crippen LogP contribution is -2.34. The van der Waals surface area contributed by atoms with E-state index in [1.807, 2.05) is 6.20 Å². The number of likely N-dealkylation sites (N-methyl/N-ethyl adjacent to an activating group) is 1. The number of fused-ring (bicyclic) bond motifs is 1. The molecule has 0 amide bonds. The monoisotopic (exact) mass is 151 g/mol. The fourth-order valence-electron chi connectivity index (χ4n) is 1.49. The van der Waals surface area contributed by atoms with Crippen LogP contribution >= 0.6 is 0 Å². The molecule has 2 rings (SSSR count). The third-order valence-corrected chi connectivity index (χ3v) is 2.27. The first-order chi connectivity index (χ1) is 5.40. The van der Waals surface area contributed by atoms with Crippen molar-refractivity contribution in [3.63, 3.8) is 0 Å². The maximum absolute atomic E-state index is 4.23. The van der Waals surface area contributed by atoms with Gasteiger partial charge in [-0.25, -0.2) is 0 Å². The van der Waals surface area contributed by atoms with Gasteiger partial charge in [-0.1, -0.05) is 6.92 Å². The van der Waals surface area contributed by atoms with E-state index in [0.717, 1.165) is 19.6 Å². The summed E-state index contributed by atoms with van der Waals surface area (Å²) >= 11 is 0. The van der Waals surface area contributed by atoms with Gasteiger partial charge in [-0.3, -0.25) is 9.58 Å². The number of hydrogen-bond acceptors (Lipinski definition) is 2. The Morgan fingerprint density at radius 2 is 2.55 bits per heavy atom. The molecule has 1 aromatic heterocycles. The zero-order valence-corrected chi connectivity index (χ0v) is 6.82. The first kappa shape index (κ1) is 6.85. The molecule has 1 aromatic rings. The number of rotatable bonds is 1. The smallest absolute Gasteiger partial charge is 0.0931 e. The first-order valence-corrected chi connectivity index (χ1v) is 4.13. The van der Waals surface area contributed by atoms with Gasteiger partial charge in [0, 0.05) is 24.9 Å². The number of hydrogen-bond donors (Lipinski definition) is 0. The standard InChI is InChI=1S/C8H13N3/c1-2-10-6-4-8-3-5-9-11(8)7-10/h3,5H,2,4,6-7H2,1H3. The highest BCUT2D eigenvalue weighted by Crippen LogP contribution is 2.08. The Hall–Kier alpha value is -0.830. The Bertz CT molecular complexity index is 241. The van der Waals surface area contributed by atoms with Crippen molar-refractivity contribution in [3.05, 3.63) is 18.0 Å². The minimum Gasteiger partial charge on any atom is -0.284 e. The zero-order chi connectivity index (χ0) is 7.68. The van der Waals surface area contributed by atoms with Gasteiger partial charge >= 0.3 is 0 Å². The van der Waals surface area contributed by atoms with E-state index in [9.17, 15) is 0 Å². The van der Waals surface area contributed by atoms with Crippen LogP contribution in [0.4, 0.5) is 0 Å². The summed E-state index contributed by atoms with van der Waals surface area (Å²) in [5.41, 5.74) is 1.37. The highest BCUT2D eigenvalue weighted by molar-refractivity contribution is 5.02. The summed E-state index contributed by atoms with van der Waals surface area (Å²) in [4.78, 5) is 2.39. The van der Waals surface area contributed by atoms with Crippen LogP contribution < -0.4 is 0 Å². The molecule has 0 aromatic carbocycles. The summed E-state index contributed by atoms with van der Waals surface area (Å²) < 4.78 is 2.08. The third-order valence-electron chi connectivity index (χ3n) is 2.27. The Morgan fingerprint density at radius 1 is 1.64 bits per heavy atom. The van der Waals surface area contributed by atoms with Crippen LogP contribution in [0, 0.1) is 0 Å². The van der Waals surface area contributed by atoms with Gasteiger partial charge in [-0.05, 0) is 12.6 Å². The average Bonchev–Trinajstić information content (AvgIpc) is 2.50. The van der Waals surface area contributed by atoms with Gasteiger partial charge in [0.15, 0.2) is 0 Å². The van der Waals surface area contributed by atoms with E-state index in [1.165, 1.54) is 12.2 Å². The lowest BCUT2D eigenvalue weighted by Gasteiger charge is -2.26. The Kier molecular flexibility index (Phi) is 1.66. The lowest BCUT2D eigenvalue weighted by atomic mass is 10.2. The van der Waals surface area contributed by atoms with Gasteiger partial charge in [0.25, 0.3) is 0 Å². The van der Waals surface area contributed by atoms with E-state index >= 15 is 0 Å².